The predicted octanol–water partition coefficient (Wildman–Crippen LogP) is -4.80. The molecule has 0 spiro atoms. The monoisotopic (exact) mass is 280 g/mol. The molecule has 0 aromatic carbocycles. The Hall–Kier alpha value is -0.810. The summed E-state index contributed by atoms with van der Waals surface area (Å²) in [7, 11) is 0. The van der Waals surface area contributed by atoms with E-state index in [2.05, 4.69) is 0 Å². The van der Waals surface area contributed by atoms with E-state index in [-0.39, 0.29) is 31.0 Å². The molecule has 0 aromatic rings. The number of aliphatic hydroxyl groups is 1. The Kier molecular flexibility index (Phi) is 13.1. The van der Waals surface area contributed by atoms with Gasteiger partial charge in [-0.05, 0) is 0 Å². The standard InChI is InChI=1S/C6H8O7.Na.O2S.H/c7-3(8)1-6(13,5(11)12)2-4(9)10;;1-3-2;/h13H,1-2H2,(H,7,8)(H,9,10)(H,11,12);;;/q;+1;;-1. The van der Waals surface area contributed by atoms with Gasteiger partial charge in [0.15, 0.2) is 5.60 Å². The summed E-state index contributed by atoms with van der Waals surface area (Å²) in [6.07, 6.45) is -2.29. The van der Waals surface area contributed by atoms with Crippen LogP contribution >= 0.6 is 0 Å². The molecule has 9 nitrogen and oxygen atoms in total. The van der Waals surface area contributed by atoms with E-state index in [1.165, 1.54) is 0 Å². The maximum absolute atomic E-state index is 10.3. The summed E-state index contributed by atoms with van der Waals surface area (Å²) in [4.78, 5) is 30.5. The minimum Gasteiger partial charge on any atom is -1.00 e. The molecule has 0 saturated carbocycles. The molecular weight excluding hydrogens is 271 g/mol. The van der Waals surface area contributed by atoms with E-state index in [1.807, 2.05) is 0 Å². The number of hydrogen-bond acceptors (Lipinski definition) is 6. The van der Waals surface area contributed by atoms with E-state index in [0.29, 0.717) is 0 Å². The van der Waals surface area contributed by atoms with Gasteiger partial charge in [-0.15, -0.1) is 0 Å². The van der Waals surface area contributed by atoms with Crippen LogP contribution in [-0.2, 0) is 26.0 Å². The zero-order valence-electron chi connectivity index (χ0n) is 9.65. The summed E-state index contributed by atoms with van der Waals surface area (Å²) in [6, 6.07) is 0. The Morgan fingerprint density at radius 1 is 1.00 bits per heavy atom. The van der Waals surface area contributed by atoms with E-state index < -0.39 is 47.9 Å². The van der Waals surface area contributed by atoms with Crippen LogP contribution in [0.1, 0.15) is 14.3 Å². The smallest absolute Gasteiger partial charge is 1.00 e. The summed E-state index contributed by atoms with van der Waals surface area (Å²) < 4.78 is 16.6. The second-order valence-electron chi connectivity index (χ2n) is 2.55. The Balaban J connectivity index is -0.000000177. The molecule has 0 rings (SSSR count). The second-order valence-corrected chi connectivity index (χ2v) is 2.68. The van der Waals surface area contributed by atoms with Crippen LogP contribution in [0.3, 0.4) is 0 Å². The maximum atomic E-state index is 10.3. The molecule has 0 aromatic heterocycles. The van der Waals surface area contributed by atoms with Crippen molar-refractivity contribution < 1.29 is 74.2 Å². The molecule has 0 unspecified atom stereocenters. The quantitative estimate of drug-likeness (QED) is 0.361. The van der Waals surface area contributed by atoms with Crippen molar-refractivity contribution in [3.63, 3.8) is 0 Å². The number of carboxylic acid groups (broad SMARTS) is 3. The molecule has 0 atom stereocenters. The van der Waals surface area contributed by atoms with Gasteiger partial charge in [0, 0.05) is 0 Å². The summed E-state index contributed by atoms with van der Waals surface area (Å²) in [5.74, 6) is -5.02. The molecule has 0 aliphatic rings. The molecule has 0 amide bonds. The molecule has 0 bridgehead atoms. The molecule has 0 aliphatic carbocycles. The third-order valence-electron chi connectivity index (χ3n) is 1.29. The molecule has 0 radical (unpaired) electrons. The van der Waals surface area contributed by atoms with Gasteiger partial charge < -0.3 is 21.9 Å². The van der Waals surface area contributed by atoms with Crippen molar-refractivity contribution in [2.75, 3.05) is 0 Å². The van der Waals surface area contributed by atoms with Crippen LogP contribution in [0.2, 0.25) is 0 Å². The SMILES string of the molecule is O=C(O)CC(O)(CC(=O)O)C(=O)O.O=S=O.[H-].[Na+]. The predicted molar refractivity (Wildman–Crippen MR) is 47.1 cm³/mol. The van der Waals surface area contributed by atoms with Crippen molar-refractivity contribution in [3.8, 4) is 0 Å². The van der Waals surface area contributed by atoms with Crippen LogP contribution < -0.4 is 29.6 Å². The van der Waals surface area contributed by atoms with Gasteiger partial charge in [-0.2, -0.15) is 8.42 Å². The zero-order valence-corrected chi connectivity index (χ0v) is 11.5. The Morgan fingerprint density at radius 2 is 1.24 bits per heavy atom. The second kappa shape index (κ2) is 10.4. The van der Waals surface area contributed by atoms with Gasteiger partial charge in [-0.3, -0.25) is 9.59 Å². The number of carbonyl (C=O) groups is 3. The maximum Gasteiger partial charge on any atom is 1.00 e. The van der Waals surface area contributed by atoms with Crippen LogP contribution in [0, 0.1) is 0 Å². The van der Waals surface area contributed by atoms with Crippen molar-refractivity contribution in [2.24, 2.45) is 0 Å². The molecular formula is C6H9NaO9S. The van der Waals surface area contributed by atoms with E-state index in [1.54, 1.807) is 0 Å². The third-order valence-corrected chi connectivity index (χ3v) is 1.29. The fourth-order valence-electron chi connectivity index (χ4n) is 0.714. The number of hydrogen-bond donors (Lipinski definition) is 4. The van der Waals surface area contributed by atoms with Crippen molar-refractivity contribution >= 4 is 29.5 Å². The number of aliphatic carboxylic acids is 3. The molecule has 94 valence electrons. The van der Waals surface area contributed by atoms with Crippen LogP contribution in [0.25, 0.3) is 0 Å². The minimum atomic E-state index is -2.74. The topological polar surface area (TPSA) is 166 Å². The number of carboxylic acids is 3. The van der Waals surface area contributed by atoms with Gasteiger partial charge in [0.1, 0.15) is 0 Å². The first-order valence-electron chi connectivity index (χ1n) is 3.50. The van der Waals surface area contributed by atoms with Crippen molar-refractivity contribution in [2.45, 2.75) is 18.4 Å². The van der Waals surface area contributed by atoms with Gasteiger partial charge in [0.2, 0.25) is 0 Å². The van der Waals surface area contributed by atoms with Crippen LogP contribution in [-0.4, -0.2) is 52.4 Å². The molecule has 0 fully saturated rings. The number of rotatable bonds is 5. The van der Waals surface area contributed by atoms with Crippen molar-refractivity contribution in [3.05, 3.63) is 0 Å². The third kappa shape index (κ3) is 11.5. The molecule has 11 heteroatoms. The van der Waals surface area contributed by atoms with E-state index in [4.69, 9.17) is 28.8 Å². The largest absolute Gasteiger partial charge is 1.00 e. The average Bonchev–Trinajstić information content (AvgIpc) is 2.01. The molecule has 17 heavy (non-hydrogen) atoms. The summed E-state index contributed by atoms with van der Waals surface area (Å²) in [5, 5.41) is 33.8. The molecule has 4 N–H and O–H groups in total. The van der Waals surface area contributed by atoms with Crippen LogP contribution in [0.4, 0.5) is 0 Å². The fourth-order valence-corrected chi connectivity index (χ4v) is 0.714. The van der Waals surface area contributed by atoms with E-state index >= 15 is 0 Å². The van der Waals surface area contributed by atoms with Crippen LogP contribution in [0.5, 0.6) is 0 Å². The van der Waals surface area contributed by atoms with Crippen molar-refractivity contribution in [1.82, 2.24) is 0 Å². The van der Waals surface area contributed by atoms with Crippen molar-refractivity contribution in [1.29, 1.82) is 0 Å². The Morgan fingerprint density at radius 3 is 1.35 bits per heavy atom. The van der Waals surface area contributed by atoms with Gasteiger partial charge >= 0.3 is 59.0 Å². The van der Waals surface area contributed by atoms with Gasteiger partial charge in [-0.1, -0.05) is 0 Å². The van der Waals surface area contributed by atoms with Gasteiger partial charge in [0.25, 0.3) is 0 Å². The molecule has 0 heterocycles. The van der Waals surface area contributed by atoms with E-state index in [0.717, 1.165) is 0 Å². The summed E-state index contributed by atoms with van der Waals surface area (Å²) >= 11 is -0.750. The first-order valence-corrected chi connectivity index (χ1v) is 4.17. The van der Waals surface area contributed by atoms with Crippen LogP contribution in [0.15, 0.2) is 0 Å². The zero-order chi connectivity index (χ0) is 13.4. The normalized spacial score (nSPS) is 9.00. The fraction of sp³-hybridized carbons (Fsp3) is 0.500. The first-order chi connectivity index (χ1) is 7.19. The molecule has 0 aliphatic heterocycles. The summed E-state index contributed by atoms with van der Waals surface area (Å²) in [5.41, 5.74) is -2.74. The average molecular weight is 280 g/mol. The first kappa shape index (κ1) is 21.5. The Bertz CT molecular complexity index is 311. The van der Waals surface area contributed by atoms with Gasteiger partial charge in [0.05, 0.1) is 12.8 Å². The Labute approximate surface area is 122 Å². The molecule has 0 saturated heterocycles. The minimum absolute atomic E-state index is 0. The summed E-state index contributed by atoms with van der Waals surface area (Å²) in [6.45, 7) is 0. The van der Waals surface area contributed by atoms with Gasteiger partial charge in [-0.25, -0.2) is 4.79 Å². The van der Waals surface area contributed by atoms with E-state index in [9.17, 15) is 14.4 Å².